The smallest absolute Gasteiger partial charge is 0.0689 e. The van der Waals surface area contributed by atoms with Crippen LogP contribution in [0.4, 0.5) is 0 Å². The molecule has 3 nitrogen and oxygen atoms in total. The van der Waals surface area contributed by atoms with Crippen molar-refractivity contribution in [1.29, 1.82) is 0 Å². The molecule has 0 radical (unpaired) electrons. The molecule has 2 fully saturated rings. The number of rotatable bonds is 4. The minimum Gasteiger partial charge on any atom is -0.392 e. The minimum absolute atomic E-state index is 0.155. The van der Waals surface area contributed by atoms with Gasteiger partial charge in [0.25, 0.3) is 0 Å². The summed E-state index contributed by atoms with van der Waals surface area (Å²) < 4.78 is 0. The van der Waals surface area contributed by atoms with Crippen LogP contribution in [0.3, 0.4) is 0 Å². The van der Waals surface area contributed by atoms with E-state index in [9.17, 15) is 5.11 Å². The van der Waals surface area contributed by atoms with E-state index in [1.54, 1.807) is 0 Å². The molecule has 2 aliphatic rings. The van der Waals surface area contributed by atoms with Gasteiger partial charge in [0.15, 0.2) is 0 Å². The van der Waals surface area contributed by atoms with E-state index in [4.69, 9.17) is 0 Å². The Kier molecular flexibility index (Phi) is 4.22. The SMILES string of the molecule is CC(C)C(O)CN1CCC(N2CCCC2)C1. The number of hydrogen-bond donors (Lipinski definition) is 1. The Balaban J connectivity index is 1.74. The largest absolute Gasteiger partial charge is 0.392 e. The normalized spacial score (nSPS) is 30.4. The molecule has 2 unspecified atom stereocenters. The first-order valence-electron chi connectivity index (χ1n) is 6.81. The van der Waals surface area contributed by atoms with Crippen molar-refractivity contribution >= 4 is 0 Å². The van der Waals surface area contributed by atoms with Crippen molar-refractivity contribution in [2.24, 2.45) is 5.92 Å². The topological polar surface area (TPSA) is 26.7 Å². The Labute approximate surface area is 99.4 Å². The molecule has 2 saturated heterocycles. The fourth-order valence-electron chi connectivity index (χ4n) is 2.86. The zero-order valence-electron chi connectivity index (χ0n) is 10.7. The summed E-state index contributed by atoms with van der Waals surface area (Å²) in [4.78, 5) is 5.08. The molecule has 2 heterocycles. The van der Waals surface area contributed by atoms with E-state index in [0.29, 0.717) is 5.92 Å². The number of aliphatic hydroxyl groups excluding tert-OH is 1. The van der Waals surface area contributed by atoms with E-state index < -0.39 is 0 Å². The van der Waals surface area contributed by atoms with Crippen molar-refractivity contribution in [2.45, 2.75) is 45.3 Å². The lowest BCUT2D eigenvalue weighted by Crippen LogP contribution is -2.38. The van der Waals surface area contributed by atoms with Gasteiger partial charge >= 0.3 is 0 Å². The molecule has 94 valence electrons. The first kappa shape index (κ1) is 12.3. The molecule has 0 spiro atoms. The molecule has 16 heavy (non-hydrogen) atoms. The summed E-state index contributed by atoms with van der Waals surface area (Å²) in [6.45, 7) is 9.99. The van der Waals surface area contributed by atoms with Crippen molar-refractivity contribution < 1.29 is 5.11 Å². The molecule has 2 rings (SSSR count). The maximum Gasteiger partial charge on any atom is 0.0689 e. The lowest BCUT2D eigenvalue weighted by atomic mass is 10.1. The van der Waals surface area contributed by atoms with Gasteiger partial charge in [-0.25, -0.2) is 0 Å². The van der Waals surface area contributed by atoms with Crippen LogP contribution >= 0.6 is 0 Å². The maximum atomic E-state index is 9.88. The molecule has 3 heteroatoms. The lowest BCUT2D eigenvalue weighted by molar-refractivity contribution is 0.0823. The third-order valence-electron chi connectivity index (χ3n) is 4.12. The van der Waals surface area contributed by atoms with E-state index in [-0.39, 0.29) is 6.10 Å². The van der Waals surface area contributed by atoms with Crippen LogP contribution < -0.4 is 0 Å². The highest BCUT2D eigenvalue weighted by Gasteiger charge is 2.30. The summed E-state index contributed by atoms with van der Waals surface area (Å²) in [5.41, 5.74) is 0. The van der Waals surface area contributed by atoms with Gasteiger partial charge in [-0.1, -0.05) is 13.8 Å². The van der Waals surface area contributed by atoms with Crippen LogP contribution in [0.5, 0.6) is 0 Å². The first-order valence-corrected chi connectivity index (χ1v) is 6.81. The molecule has 0 aromatic carbocycles. The van der Waals surface area contributed by atoms with Gasteiger partial charge in [-0.2, -0.15) is 0 Å². The number of hydrogen-bond acceptors (Lipinski definition) is 3. The van der Waals surface area contributed by atoms with Crippen LogP contribution in [-0.2, 0) is 0 Å². The number of β-amino-alcohol motifs (C(OH)–C–C–N with tert-alkyl or cyclic N) is 1. The second-order valence-electron chi connectivity index (χ2n) is 5.76. The fourth-order valence-corrected chi connectivity index (χ4v) is 2.86. The van der Waals surface area contributed by atoms with Crippen molar-refractivity contribution in [2.75, 3.05) is 32.7 Å². The summed E-state index contributed by atoms with van der Waals surface area (Å²) in [6, 6.07) is 0.766. The highest BCUT2D eigenvalue weighted by molar-refractivity contribution is 4.86. The number of likely N-dealkylation sites (tertiary alicyclic amines) is 2. The quantitative estimate of drug-likeness (QED) is 0.779. The van der Waals surface area contributed by atoms with Gasteiger partial charge in [0.1, 0.15) is 0 Å². The highest BCUT2D eigenvalue weighted by Crippen LogP contribution is 2.20. The summed E-state index contributed by atoms with van der Waals surface area (Å²) in [5, 5.41) is 9.88. The standard InChI is InChI=1S/C13H26N2O/c1-11(2)13(16)10-14-8-5-12(9-14)15-6-3-4-7-15/h11-13,16H,3-10H2,1-2H3. The van der Waals surface area contributed by atoms with Crippen LogP contribution in [-0.4, -0.2) is 59.8 Å². The van der Waals surface area contributed by atoms with Crippen LogP contribution in [0, 0.1) is 5.92 Å². The van der Waals surface area contributed by atoms with Crippen molar-refractivity contribution in [3.63, 3.8) is 0 Å². The van der Waals surface area contributed by atoms with E-state index in [2.05, 4.69) is 23.6 Å². The Hall–Kier alpha value is -0.120. The number of nitrogens with zero attached hydrogens (tertiary/aromatic N) is 2. The predicted octanol–water partition coefficient (Wildman–Crippen LogP) is 1.17. The Morgan fingerprint density at radius 2 is 1.88 bits per heavy atom. The van der Waals surface area contributed by atoms with Gasteiger partial charge in [-0.15, -0.1) is 0 Å². The van der Waals surface area contributed by atoms with Gasteiger partial charge in [-0.3, -0.25) is 9.80 Å². The summed E-state index contributed by atoms with van der Waals surface area (Å²) in [5.74, 6) is 0.380. The zero-order valence-corrected chi connectivity index (χ0v) is 10.7. The van der Waals surface area contributed by atoms with E-state index >= 15 is 0 Å². The van der Waals surface area contributed by atoms with Gasteiger partial charge in [0, 0.05) is 19.1 Å². The van der Waals surface area contributed by atoms with E-state index in [1.165, 1.54) is 45.4 Å². The van der Waals surface area contributed by atoms with Crippen LogP contribution in [0.25, 0.3) is 0 Å². The van der Waals surface area contributed by atoms with Gasteiger partial charge in [0.2, 0.25) is 0 Å². The average molecular weight is 226 g/mol. The predicted molar refractivity (Wildman–Crippen MR) is 66.5 cm³/mol. The van der Waals surface area contributed by atoms with E-state index in [1.807, 2.05) is 0 Å². The van der Waals surface area contributed by atoms with Crippen molar-refractivity contribution in [3.05, 3.63) is 0 Å². The first-order chi connectivity index (χ1) is 7.66. The monoisotopic (exact) mass is 226 g/mol. The second kappa shape index (κ2) is 5.48. The summed E-state index contributed by atoms with van der Waals surface area (Å²) in [6.07, 6.45) is 3.90. The van der Waals surface area contributed by atoms with Crippen molar-refractivity contribution in [3.8, 4) is 0 Å². The molecule has 0 bridgehead atoms. The molecule has 1 N–H and O–H groups in total. The second-order valence-corrected chi connectivity index (χ2v) is 5.76. The van der Waals surface area contributed by atoms with Gasteiger partial charge < -0.3 is 5.11 Å². The number of aliphatic hydroxyl groups is 1. The Morgan fingerprint density at radius 3 is 2.50 bits per heavy atom. The zero-order chi connectivity index (χ0) is 11.5. The lowest BCUT2D eigenvalue weighted by Gasteiger charge is -2.25. The minimum atomic E-state index is -0.155. The van der Waals surface area contributed by atoms with Gasteiger partial charge in [-0.05, 0) is 44.8 Å². The van der Waals surface area contributed by atoms with Gasteiger partial charge in [0.05, 0.1) is 6.10 Å². The Bertz CT molecular complexity index is 214. The van der Waals surface area contributed by atoms with Crippen LogP contribution in [0.2, 0.25) is 0 Å². The summed E-state index contributed by atoms with van der Waals surface area (Å²) >= 11 is 0. The molecule has 2 aliphatic heterocycles. The third-order valence-corrected chi connectivity index (χ3v) is 4.12. The molecule has 0 aromatic heterocycles. The Morgan fingerprint density at radius 1 is 1.19 bits per heavy atom. The molecular formula is C13H26N2O. The van der Waals surface area contributed by atoms with E-state index in [0.717, 1.165) is 12.6 Å². The highest BCUT2D eigenvalue weighted by atomic mass is 16.3. The molecule has 0 saturated carbocycles. The molecule has 0 amide bonds. The van der Waals surface area contributed by atoms with Crippen LogP contribution in [0.1, 0.15) is 33.1 Å². The molecule has 0 aliphatic carbocycles. The van der Waals surface area contributed by atoms with Crippen LogP contribution in [0.15, 0.2) is 0 Å². The summed E-state index contributed by atoms with van der Waals surface area (Å²) in [7, 11) is 0. The van der Waals surface area contributed by atoms with Crippen molar-refractivity contribution in [1.82, 2.24) is 9.80 Å². The molecule has 2 atom stereocenters. The third kappa shape index (κ3) is 2.96. The fraction of sp³-hybridized carbons (Fsp3) is 1.00. The molecule has 0 aromatic rings. The average Bonchev–Trinajstić information content (AvgIpc) is 2.85. The molecular weight excluding hydrogens is 200 g/mol. The maximum absolute atomic E-state index is 9.88.